The van der Waals surface area contributed by atoms with Crippen LogP contribution in [-0.4, -0.2) is 88.4 Å². The van der Waals surface area contributed by atoms with Crippen LogP contribution in [0, 0.1) is 0 Å². The van der Waals surface area contributed by atoms with Crippen molar-refractivity contribution >= 4 is 58.2 Å². The number of aliphatic imine (C=N–C) groups is 1. The van der Waals surface area contributed by atoms with Crippen molar-refractivity contribution in [3.05, 3.63) is 36.0 Å². The zero-order valence-electron chi connectivity index (χ0n) is 23.3. The fraction of sp³-hybridized carbons (Fsp3) is 0.462. The van der Waals surface area contributed by atoms with Crippen molar-refractivity contribution in [2.45, 2.75) is 56.3 Å². The van der Waals surface area contributed by atoms with E-state index in [1.54, 1.807) is 6.20 Å². The molecule has 0 saturated carbocycles. The Morgan fingerprint density at radius 3 is 2.19 bits per heavy atom. The predicted octanol–water partition coefficient (Wildman–Crippen LogP) is -1.74. The van der Waals surface area contributed by atoms with Gasteiger partial charge in [0.05, 0.1) is 12.5 Å². The van der Waals surface area contributed by atoms with Crippen molar-refractivity contribution in [3.8, 4) is 0 Å². The molecule has 0 bridgehead atoms. The average molecular weight is 606 g/mol. The minimum atomic E-state index is -1.60. The summed E-state index contributed by atoms with van der Waals surface area (Å²) in [6.07, 6.45) is 3.71. The second kappa shape index (κ2) is 16.8. The number of carboxylic acids is 1. The molecular weight excluding hydrogens is 566 g/mol. The van der Waals surface area contributed by atoms with Gasteiger partial charge in [0, 0.05) is 23.6 Å². The molecule has 15 nitrogen and oxygen atoms in total. The number of fused-ring (bicyclic) bond motifs is 1. The first-order valence-corrected chi connectivity index (χ1v) is 14.6. The monoisotopic (exact) mass is 605 g/mol. The highest BCUT2D eigenvalue weighted by Gasteiger charge is 2.30. The molecule has 4 atom stereocenters. The average Bonchev–Trinajstić information content (AvgIpc) is 3.34. The fourth-order valence-corrected chi connectivity index (χ4v) is 4.60. The molecule has 0 aliphatic rings. The number of aromatic amines is 1. The molecular formula is C26H39N9O6S. The summed E-state index contributed by atoms with van der Waals surface area (Å²) in [4.78, 5) is 69.2. The molecule has 16 heteroatoms. The second-order valence-corrected chi connectivity index (χ2v) is 10.6. The van der Waals surface area contributed by atoms with E-state index in [-0.39, 0.29) is 38.2 Å². The third-order valence-corrected chi connectivity index (χ3v) is 6.94. The van der Waals surface area contributed by atoms with Gasteiger partial charge in [0.15, 0.2) is 5.96 Å². The third-order valence-electron chi connectivity index (χ3n) is 6.29. The van der Waals surface area contributed by atoms with Gasteiger partial charge >= 0.3 is 5.97 Å². The Bertz CT molecular complexity index is 1280. The van der Waals surface area contributed by atoms with Crippen molar-refractivity contribution in [1.82, 2.24) is 20.9 Å². The Hall–Kier alpha value is -4.31. The van der Waals surface area contributed by atoms with Crippen LogP contribution in [0.1, 0.15) is 31.2 Å². The number of primary amides is 1. The Kier molecular flexibility index (Phi) is 13.6. The van der Waals surface area contributed by atoms with Crippen molar-refractivity contribution in [2.75, 3.05) is 18.6 Å². The number of hydrogen-bond donors (Lipinski definition) is 9. The smallest absolute Gasteiger partial charge is 0.326 e. The highest BCUT2D eigenvalue weighted by Crippen LogP contribution is 2.19. The van der Waals surface area contributed by atoms with Crippen LogP contribution in [0.3, 0.4) is 0 Å². The van der Waals surface area contributed by atoms with E-state index in [0.29, 0.717) is 5.75 Å². The van der Waals surface area contributed by atoms with Gasteiger partial charge in [-0.05, 0) is 49.3 Å². The number of para-hydroxylation sites is 1. The quantitative estimate of drug-likeness (QED) is 0.0525. The highest BCUT2D eigenvalue weighted by atomic mass is 32.2. The lowest BCUT2D eigenvalue weighted by Crippen LogP contribution is -2.57. The van der Waals surface area contributed by atoms with E-state index in [4.69, 9.17) is 22.9 Å². The van der Waals surface area contributed by atoms with E-state index in [0.717, 1.165) is 16.5 Å². The summed E-state index contributed by atoms with van der Waals surface area (Å²) in [6.45, 7) is 0.140. The number of carbonyl (C=O) groups excluding carboxylic acids is 4. The van der Waals surface area contributed by atoms with E-state index in [1.165, 1.54) is 11.8 Å². The minimum absolute atomic E-state index is 0.0283. The Morgan fingerprint density at radius 1 is 0.952 bits per heavy atom. The summed E-state index contributed by atoms with van der Waals surface area (Å²) in [6, 6.07) is 2.77. The van der Waals surface area contributed by atoms with E-state index in [1.807, 2.05) is 30.5 Å². The van der Waals surface area contributed by atoms with Gasteiger partial charge in [0.25, 0.3) is 0 Å². The Morgan fingerprint density at radius 2 is 1.57 bits per heavy atom. The van der Waals surface area contributed by atoms with Gasteiger partial charge < -0.3 is 49.0 Å². The van der Waals surface area contributed by atoms with E-state index in [9.17, 15) is 29.1 Å². The van der Waals surface area contributed by atoms with Gasteiger partial charge in [-0.25, -0.2) is 4.79 Å². The zero-order valence-corrected chi connectivity index (χ0v) is 24.1. The normalized spacial score (nSPS) is 13.8. The number of nitrogens with two attached hydrogens (primary N) is 4. The minimum Gasteiger partial charge on any atom is -0.480 e. The first-order chi connectivity index (χ1) is 19.9. The standard InChI is InChI=1S/C26H39N9O6S/c1-42-10-8-19(33-22(37)16(27)11-14-13-32-17-6-3-2-5-15(14)17)24(39)34-18(7-4-9-31-26(29)30)23(38)35-20(25(40)41)12-21(28)36/h2-3,5-6,13,16,18-20,32H,4,7-12,27H2,1H3,(H2,28,36)(H,33,37)(H,34,39)(H,35,38)(H,40,41)(H4,29,30,31). The molecule has 13 N–H and O–H groups in total. The number of guanidine groups is 1. The molecule has 0 aliphatic heterocycles. The predicted molar refractivity (Wildman–Crippen MR) is 160 cm³/mol. The maximum Gasteiger partial charge on any atom is 0.326 e. The zero-order chi connectivity index (χ0) is 31.2. The Balaban J connectivity index is 2.15. The number of H-pyrrole nitrogens is 1. The summed E-state index contributed by atoms with van der Waals surface area (Å²) in [5.74, 6) is -4.12. The number of carbonyl (C=O) groups is 5. The summed E-state index contributed by atoms with van der Waals surface area (Å²) >= 11 is 1.46. The number of amides is 4. The fourth-order valence-electron chi connectivity index (χ4n) is 4.13. The van der Waals surface area contributed by atoms with E-state index < -0.39 is 60.2 Å². The number of benzene rings is 1. The van der Waals surface area contributed by atoms with Gasteiger partial charge in [-0.1, -0.05) is 18.2 Å². The summed E-state index contributed by atoms with van der Waals surface area (Å²) in [5.41, 5.74) is 23.7. The SMILES string of the molecule is CSCCC(NC(=O)C(N)Cc1c[nH]c2ccccc12)C(=O)NC(CCCN=C(N)N)C(=O)NC(CC(N)=O)C(=O)O. The van der Waals surface area contributed by atoms with Crippen LogP contribution >= 0.6 is 11.8 Å². The molecule has 0 radical (unpaired) electrons. The topological polar surface area (TPSA) is 274 Å². The number of hydrogen-bond acceptors (Lipinski definition) is 8. The number of aliphatic carboxylic acids is 1. The molecule has 2 rings (SSSR count). The molecule has 1 heterocycles. The van der Waals surface area contributed by atoms with Crippen LogP contribution in [0.15, 0.2) is 35.5 Å². The number of aromatic nitrogens is 1. The number of thioether (sulfide) groups is 1. The Labute approximate surface area is 247 Å². The van der Waals surface area contributed by atoms with Crippen molar-refractivity contribution < 1.29 is 29.1 Å². The van der Waals surface area contributed by atoms with Gasteiger partial charge in [0.2, 0.25) is 23.6 Å². The number of rotatable bonds is 18. The van der Waals surface area contributed by atoms with Gasteiger partial charge in [-0.15, -0.1) is 0 Å². The van der Waals surface area contributed by atoms with Crippen LogP contribution in [0.5, 0.6) is 0 Å². The molecule has 230 valence electrons. The number of nitrogens with zero attached hydrogens (tertiary/aromatic N) is 1. The summed E-state index contributed by atoms with van der Waals surface area (Å²) < 4.78 is 0. The molecule has 4 amide bonds. The van der Waals surface area contributed by atoms with Crippen molar-refractivity contribution in [1.29, 1.82) is 0 Å². The second-order valence-electron chi connectivity index (χ2n) is 9.59. The number of nitrogens with one attached hydrogen (secondary N) is 4. The molecule has 0 saturated heterocycles. The van der Waals surface area contributed by atoms with Crippen LogP contribution in [0.2, 0.25) is 0 Å². The molecule has 1 aromatic carbocycles. The largest absolute Gasteiger partial charge is 0.480 e. The van der Waals surface area contributed by atoms with Crippen LogP contribution < -0.4 is 38.9 Å². The van der Waals surface area contributed by atoms with Gasteiger partial charge in [-0.2, -0.15) is 11.8 Å². The summed E-state index contributed by atoms with van der Waals surface area (Å²) in [5, 5.41) is 17.8. The van der Waals surface area contributed by atoms with Crippen LogP contribution in [0.25, 0.3) is 10.9 Å². The third kappa shape index (κ3) is 10.9. The summed E-state index contributed by atoms with van der Waals surface area (Å²) in [7, 11) is 0. The maximum absolute atomic E-state index is 13.3. The molecule has 2 aromatic rings. The van der Waals surface area contributed by atoms with Crippen LogP contribution in [0.4, 0.5) is 0 Å². The van der Waals surface area contributed by atoms with Crippen molar-refractivity contribution in [2.24, 2.45) is 27.9 Å². The van der Waals surface area contributed by atoms with Gasteiger partial charge in [-0.3, -0.25) is 24.2 Å². The highest BCUT2D eigenvalue weighted by molar-refractivity contribution is 7.98. The molecule has 4 unspecified atom stereocenters. The first kappa shape index (κ1) is 33.9. The molecule has 1 aromatic heterocycles. The van der Waals surface area contributed by atoms with Crippen LogP contribution in [-0.2, 0) is 30.4 Å². The van der Waals surface area contributed by atoms with Gasteiger partial charge in [0.1, 0.15) is 18.1 Å². The van der Waals surface area contributed by atoms with E-state index in [2.05, 4.69) is 25.9 Å². The molecule has 0 aliphatic carbocycles. The first-order valence-electron chi connectivity index (χ1n) is 13.2. The molecule has 42 heavy (non-hydrogen) atoms. The lowest BCUT2D eigenvalue weighted by atomic mass is 10.0. The molecule has 0 fully saturated rings. The maximum atomic E-state index is 13.3. The lowest BCUT2D eigenvalue weighted by Gasteiger charge is -2.25. The van der Waals surface area contributed by atoms with Crippen molar-refractivity contribution in [3.63, 3.8) is 0 Å². The number of carboxylic acid groups (broad SMARTS) is 1. The lowest BCUT2D eigenvalue weighted by molar-refractivity contribution is -0.143. The van der Waals surface area contributed by atoms with E-state index >= 15 is 0 Å². The molecule has 0 spiro atoms.